The third-order valence-electron chi connectivity index (χ3n) is 9.62. The Kier molecular flexibility index (Phi) is 12.2. The van der Waals surface area contributed by atoms with Crippen LogP contribution < -0.4 is 11.1 Å². The Morgan fingerprint density at radius 3 is 2.19 bits per heavy atom. The van der Waals surface area contributed by atoms with E-state index in [1.165, 1.54) is 43.0 Å². The molecule has 0 bridgehead atoms. The lowest BCUT2D eigenvalue weighted by atomic mass is 9.75. The fraction of sp³-hybridized carbons (Fsp3) is 0.421. The number of carbonyl (C=O) groups excluding carboxylic acids is 2. The molecular formula is C38H42F7N3O4. The first kappa shape index (κ1) is 40.3. The molecule has 3 aromatic rings. The quantitative estimate of drug-likeness (QED) is 0.143. The Labute approximate surface area is 297 Å². The fourth-order valence-electron chi connectivity index (χ4n) is 6.49. The number of nitrogens with two attached hydrogens (primary N) is 1. The Bertz CT molecular complexity index is 1730. The number of amides is 2. The zero-order valence-electron chi connectivity index (χ0n) is 29.1. The van der Waals surface area contributed by atoms with Crippen LogP contribution >= 0.6 is 0 Å². The number of aliphatic hydroxyl groups is 1. The normalized spacial score (nSPS) is 20.6. The van der Waals surface area contributed by atoms with Crippen molar-refractivity contribution in [1.82, 2.24) is 10.2 Å². The van der Waals surface area contributed by atoms with E-state index in [-0.39, 0.29) is 38.5 Å². The molecule has 1 saturated heterocycles. The lowest BCUT2D eigenvalue weighted by Gasteiger charge is -2.49. The Hall–Kier alpha value is -4.43. The van der Waals surface area contributed by atoms with Gasteiger partial charge in [0.1, 0.15) is 12.4 Å². The van der Waals surface area contributed by atoms with Gasteiger partial charge in [-0.25, -0.2) is 9.18 Å². The Morgan fingerprint density at radius 1 is 1.02 bits per heavy atom. The van der Waals surface area contributed by atoms with Crippen LogP contribution in [0.1, 0.15) is 85.4 Å². The molecule has 2 unspecified atom stereocenters. The van der Waals surface area contributed by atoms with Gasteiger partial charge in [-0.3, -0.25) is 4.79 Å². The van der Waals surface area contributed by atoms with Crippen LogP contribution in [0.15, 0.2) is 78.9 Å². The molecule has 0 spiro atoms. The second-order valence-corrected chi connectivity index (χ2v) is 13.7. The predicted molar refractivity (Wildman–Crippen MR) is 180 cm³/mol. The maximum atomic E-state index is 14.5. The largest absolute Gasteiger partial charge is 0.445 e. The van der Waals surface area contributed by atoms with Crippen LogP contribution in [0, 0.1) is 12.7 Å². The van der Waals surface area contributed by atoms with Crippen LogP contribution in [-0.2, 0) is 28.5 Å². The van der Waals surface area contributed by atoms with Crippen LogP contribution in [0.5, 0.6) is 0 Å². The second-order valence-electron chi connectivity index (χ2n) is 13.7. The molecule has 52 heavy (non-hydrogen) atoms. The van der Waals surface area contributed by atoms with Crippen molar-refractivity contribution < 1.29 is 50.2 Å². The molecule has 282 valence electrons. The van der Waals surface area contributed by atoms with Gasteiger partial charge in [0.15, 0.2) is 0 Å². The monoisotopic (exact) mass is 737 g/mol. The number of alkyl carbamates (subject to hydrolysis) is 1. The van der Waals surface area contributed by atoms with Gasteiger partial charge in [0, 0.05) is 12.5 Å². The number of rotatable bonds is 10. The van der Waals surface area contributed by atoms with Gasteiger partial charge in [-0.1, -0.05) is 55.5 Å². The van der Waals surface area contributed by atoms with Gasteiger partial charge < -0.3 is 25.8 Å². The number of aryl methyl sites for hydroxylation is 1. The summed E-state index contributed by atoms with van der Waals surface area (Å²) in [5.74, 6) is -2.67. The van der Waals surface area contributed by atoms with Crippen molar-refractivity contribution in [2.75, 3.05) is 6.54 Å². The number of alkyl halides is 6. The molecule has 14 heteroatoms. The van der Waals surface area contributed by atoms with E-state index < -0.39 is 76.0 Å². The smallest absolute Gasteiger partial charge is 0.416 e. The van der Waals surface area contributed by atoms with E-state index in [0.29, 0.717) is 23.3 Å². The van der Waals surface area contributed by atoms with Crippen molar-refractivity contribution in [3.8, 4) is 0 Å². The van der Waals surface area contributed by atoms with Crippen molar-refractivity contribution in [3.05, 3.63) is 118 Å². The molecule has 4 rings (SSSR count). The minimum absolute atomic E-state index is 0.00725. The fourth-order valence-corrected chi connectivity index (χ4v) is 6.49. The molecule has 1 fully saturated rings. The van der Waals surface area contributed by atoms with Gasteiger partial charge in [0.2, 0.25) is 5.91 Å². The van der Waals surface area contributed by atoms with E-state index in [1.54, 1.807) is 44.2 Å². The standard InChI is InChI=1S/C38H42F7N3O4/c1-23-17-30(39)12-13-31(23)32-21-36(14-8-9-24(2)49,47-34(51)52-22-26-10-6-5-7-11-26)15-16-48(32)33(50)35(4,46)25(3)27-18-28(37(40,41)42)20-29(19-27)38(43,44)45/h5-13,17-20,24-25,32,49H,14-16,21-22,46H2,1-4H3,(H,47,51)/b9-8+/t24?,25-,32-,35?,36+/m1/s1. The summed E-state index contributed by atoms with van der Waals surface area (Å²) in [6.45, 7) is 5.59. The van der Waals surface area contributed by atoms with E-state index in [4.69, 9.17) is 10.5 Å². The van der Waals surface area contributed by atoms with Crippen LogP contribution in [-0.4, -0.2) is 45.7 Å². The highest BCUT2D eigenvalue weighted by Gasteiger charge is 2.48. The van der Waals surface area contributed by atoms with Crippen molar-refractivity contribution in [1.29, 1.82) is 0 Å². The molecule has 5 atom stereocenters. The molecule has 7 nitrogen and oxygen atoms in total. The van der Waals surface area contributed by atoms with Gasteiger partial charge in [0.25, 0.3) is 0 Å². The van der Waals surface area contributed by atoms with Crippen molar-refractivity contribution in [3.63, 3.8) is 0 Å². The van der Waals surface area contributed by atoms with Crippen molar-refractivity contribution in [2.24, 2.45) is 5.73 Å². The highest BCUT2D eigenvalue weighted by molar-refractivity contribution is 5.87. The molecule has 0 aromatic heterocycles. The summed E-state index contributed by atoms with van der Waals surface area (Å²) in [4.78, 5) is 29.1. The predicted octanol–water partition coefficient (Wildman–Crippen LogP) is 8.35. The van der Waals surface area contributed by atoms with Crippen LogP contribution in [0.25, 0.3) is 0 Å². The molecule has 1 aliphatic heterocycles. The number of carbonyl (C=O) groups is 2. The zero-order valence-corrected chi connectivity index (χ0v) is 29.1. The summed E-state index contributed by atoms with van der Waals surface area (Å²) >= 11 is 0. The minimum Gasteiger partial charge on any atom is -0.445 e. The molecule has 0 aliphatic carbocycles. The topological polar surface area (TPSA) is 105 Å². The average Bonchev–Trinajstić information content (AvgIpc) is 3.06. The summed E-state index contributed by atoms with van der Waals surface area (Å²) in [5, 5.41) is 12.8. The molecule has 0 saturated carbocycles. The SMILES string of the molecule is Cc1cc(F)ccc1[C@H]1C[C@@](C/C=C/C(C)O)(NC(=O)OCc2ccccc2)CCN1C(=O)C(C)(N)[C@H](C)c1cc(C(F)(F)F)cc(C(F)(F)F)c1. The van der Waals surface area contributed by atoms with Crippen LogP contribution in [0.4, 0.5) is 35.5 Å². The van der Waals surface area contributed by atoms with Crippen LogP contribution in [0.3, 0.4) is 0 Å². The highest BCUT2D eigenvalue weighted by atomic mass is 19.4. The Morgan fingerprint density at radius 2 is 1.63 bits per heavy atom. The van der Waals surface area contributed by atoms with E-state index in [9.17, 15) is 45.4 Å². The highest BCUT2D eigenvalue weighted by Crippen LogP contribution is 2.44. The Balaban J connectivity index is 1.73. The lowest BCUT2D eigenvalue weighted by molar-refractivity contribution is -0.143. The number of halogens is 7. The number of piperidine rings is 1. The number of aliphatic hydroxyl groups excluding tert-OH is 1. The number of ether oxygens (including phenoxy) is 1. The zero-order chi connectivity index (χ0) is 38.6. The molecule has 2 amide bonds. The van der Waals surface area contributed by atoms with E-state index in [1.807, 2.05) is 6.07 Å². The molecule has 4 N–H and O–H groups in total. The summed E-state index contributed by atoms with van der Waals surface area (Å²) in [6, 6.07) is 13.1. The molecule has 0 radical (unpaired) electrons. The number of benzene rings is 3. The molecule has 3 aromatic carbocycles. The summed E-state index contributed by atoms with van der Waals surface area (Å²) in [5.41, 5.74) is 1.64. The van der Waals surface area contributed by atoms with Gasteiger partial charge in [-0.2, -0.15) is 26.3 Å². The third kappa shape index (κ3) is 9.71. The number of hydrogen-bond acceptors (Lipinski definition) is 5. The number of hydrogen-bond donors (Lipinski definition) is 3. The maximum Gasteiger partial charge on any atom is 0.416 e. The number of likely N-dealkylation sites (tertiary alicyclic amines) is 1. The van der Waals surface area contributed by atoms with Crippen LogP contribution in [0.2, 0.25) is 0 Å². The third-order valence-corrected chi connectivity index (χ3v) is 9.62. The van der Waals surface area contributed by atoms with Gasteiger partial charge in [-0.05, 0) is 92.6 Å². The number of nitrogens with zero attached hydrogens (tertiary/aromatic N) is 1. The first-order valence-electron chi connectivity index (χ1n) is 16.6. The van der Waals surface area contributed by atoms with E-state index in [0.717, 1.165) is 5.56 Å². The first-order valence-corrected chi connectivity index (χ1v) is 16.6. The van der Waals surface area contributed by atoms with Crippen molar-refractivity contribution >= 4 is 12.0 Å². The molecular weight excluding hydrogens is 695 g/mol. The maximum absolute atomic E-state index is 14.5. The summed E-state index contributed by atoms with van der Waals surface area (Å²) in [7, 11) is 0. The second kappa shape index (κ2) is 15.7. The average molecular weight is 738 g/mol. The van der Waals surface area contributed by atoms with E-state index >= 15 is 0 Å². The van der Waals surface area contributed by atoms with Gasteiger partial charge in [0.05, 0.1) is 34.4 Å². The minimum atomic E-state index is -5.11. The van der Waals surface area contributed by atoms with Gasteiger partial charge in [-0.15, -0.1) is 0 Å². The molecule has 1 aliphatic rings. The van der Waals surface area contributed by atoms with E-state index in [2.05, 4.69) is 5.32 Å². The van der Waals surface area contributed by atoms with Gasteiger partial charge >= 0.3 is 18.4 Å². The van der Waals surface area contributed by atoms with Crippen molar-refractivity contribution in [2.45, 2.75) is 95.1 Å². The first-order chi connectivity index (χ1) is 24.1. The summed E-state index contributed by atoms with van der Waals surface area (Å²) in [6.07, 6.45) is -8.26. The summed E-state index contributed by atoms with van der Waals surface area (Å²) < 4.78 is 102. The lowest BCUT2D eigenvalue weighted by Crippen LogP contribution is -2.62. The number of nitrogens with one attached hydrogen (secondary N) is 1. The molecule has 1 heterocycles.